The smallest absolute Gasteiger partial charge is 0.293 e. The Morgan fingerprint density at radius 1 is 1.21 bits per heavy atom. The molecule has 2 rings (SSSR count). The van der Waals surface area contributed by atoms with Gasteiger partial charge in [-0.15, -0.1) is 0 Å². The van der Waals surface area contributed by atoms with E-state index >= 15 is 0 Å². The number of hydrogen-bond acceptors (Lipinski definition) is 7. The van der Waals surface area contributed by atoms with E-state index in [9.17, 15) is 18.5 Å². The van der Waals surface area contributed by atoms with Crippen molar-refractivity contribution >= 4 is 21.4 Å². The number of rotatable bonds is 11. The van der Waals surface area contributed by atoms with Gasteiger partial charge in [-0.25, -0.2) is 13.1 Å². The molecule has 0 saturated heterocycles. The maximum Gasteiger partial charge on any atom is 0.293 e. The summed E-state index contributed by atoms with van der Waals surface area (Å²) in [6.07, 6.45) is 1.58. The lowest BCUT2D eigenvalue weighted by Gasteiger charge is -2.30. The van der Waals surface area contributed by atoms with Crippen molar-refractivity contribution in [2.24, 2.45) is 0 Å². The SMILES string of the molecule is CC(C)N(CCNS(=O)(=O)c1ccc(NCc2ccn[nH]2)c([N+](=O)[O-])c1)C(C)C. The van der Waals surface area contributed by atoms with Gasteiger partial charge in [0.15, 0.2) is 0 Å². The number of H-pyrrole nitrogens is 1. The predicted octanol–water partition coefficient (Wildman–Crippen LogP) is 2.33. The minimum absolute atomic E-state index is 0.142. The van der Waals surface area contributed by atoms with Crippen LogP contribution in [0.25, 0.3) is 0 Å². The monoisotopic (exact) mass is 424 g/mol. The molecule has 1 aromatic heterocycles. The highest BCUT2D eigenvalue weighted by molar-refractivity contribution is 7.89. The first-order valence-corrected chi connectivity index (χ1v) is 10.9. The molecular weight excluding hydrogens is 396 g/mol. The average Bonchev–Trinajstić information content (AvgIpc) is 3.16. The number of nitro benzene ring substituents is 1. The van der Waals surface area contributed by atoms with Crippen molar-refractivity contribution < 1.29 is 13.3 Å². The van der Waals surface area contributed by atoms with Crippen LogP contribution in [0.2, 0.25) is 0 Å². The zero-order valence-corrected chi connectivity index (χ0v) is 17.9. The topological polar surface area (TPSA) is 133 Å². The standard InChI is InChI=1S/C18H28N6O4S/c1-13(2)23(14(3)4)10-9-21-29(27,28)16-5-6-17(18(11-16)24(25)26)19-12-15-7-8-20-22-15/h5-8,11,13-14,19,21H,9-10,12H2,1-4H3,(H,20,22). The Morgan fingerprint density at radius 2 is 1.90 bits per heavy atom. The molecule has 0 fully saturated rings. The largest absolute Gasteiger partial charge is 0.374 e. The third-order valence-corrected chi connectivity index (χ3v) is 5.95. The molecule has 1 aromatic carbocycles. The number of anilines is 1. The molecule has 0 spiro atoms. The lowest BCUT2D eigenvalue weighted by molar-refractivity contribution is -0.384. The molecule has 3 N–H and O–H groups in total. The van der Waals surface area contributed by atoms with Crippen LogP contribution < -0.4 is 10.0 Å². The fourth-order valence-electron chi connectivity index (χ4n) is 3.06. The van der Waals surface area contributed by atoms with Crippen LogP contribution in [-0.2, 0) is 16.6 Å². The number of nitrogens with one attached hydrogen (secondary N) is 3. The number of aromatic amines is 1. The van der Waals surface area contributed by atoms with E-state index in [0.717, 1.165) is 11.8 Å². The summed E-state index contributed by atoms with van der Waals surface area (Å²) in [4.78, 5) is 12.9. The predicted molar refractivity (Wildman–Crippen MR) is 111 cm³/mol. The Hall–Kier alpha value is -2.50. The van der Waals surface area contributed by atoms with Crippen LogP contribution in [-0.4, -0.2) is 53.6 Å². The fourth-order valence-corrected chi connectivity index (χ4v) is 4.10. The zero-order chi connectivity index (χ0) is 21.6. The van der Waals surface area contributed by atoms with Crippen molar-refractivity contribution in [3.8, 4) is 0 Å². The number of benzene rings is 1. The molecule has 2 aromatic rings. The van der Waals surface area contributed by atoms with Crippen molar-refractivity contribution in [1.29, 1.82) is 0 Å². The third kappa shape index (κ3) is 6.24. The molecule has 160 valence electrons. The Morgan fingerprint density at radius 3 is 2.45 bits per heavy atom. The molecule has 0 bridgehead atoms. The summed E-state index contributed by atoms with van der Waals surface area (Å²) in [7, 11) is -3.86. The van der Waals surface area contributed by atoms with Gasteiger partial charge < -0.3 is 5.32 Å². The quantitative estimate of drug-likeness (QED) is 0.372. The summed E-state index contributed by atoms with van der Waals surface area (Å²) in [5.74, 6) is 0. The molecule has 29 heavy (non-hydrogen) atoms. The van der Waals surface area contributed by atoms with Gasteiger partial charge >= 0.3 is 0 Å². The van der Waals surface area contributed by atoms with Gasteiger partial charge in [0.1, 0.15) is 5.69 Å². The summed E-state index contributed by atoms with van der Waals surface area (Å²) in [6.45, 7) is 9.25. The number of aromatic nitrogens is 2. The molecule has 0 aliphatic rings. The second kappa shape index (κ2) is 9.81. The number of hydrogen-bond donors (Lipinski definition) is 3. The number of nitrogens with zero attached hydrogens (tertiary/aromatic N) is 3. The Balaban J connectivity index is 2.11. The highest BCUT2D eigenvalue weighted by atomic mass is 32.2. The molecule has 0 aliphatic carbocycles. The molecule has 0 amide bonds. The van der Waals surface area contributed by atoms with Gasteiger partial charge in [-0.05, 0) is 45.9 Å². The van der Waals surface area contributed by atoms with E-state index in [1.807, 2.05) is 27.7 Å². The molecule has 0 aliphatic heterocycles. The van der Waals surface area contributed by atoms with Crippen molar-refractivity contribution in [1.82, 2.24) is 19.8 Å². The van der Waals surface area contributed by atoms with Crippen molar-refractivity contribution in [2.75, 3.05) is 18.4 Å². The van der Waals surface area contributed by atoms with E-state index in [1.165, 1.54) is 12.1 Å². The first-order chi connectivity index (χ1) is 13.6. The van der Waals surface area contributed by atoms with Crippen LogP contribution in [0.5, 0.6) is 0 Å². The summed E-state index contributed by atoms with van der Waals surface area (Å²) in [5.41, 5.74) is 0.672. The van der Waals surface area contributed by atoms with E-state index in [-0.39, 0.29) is 34.9 Å². The van der Waals surface area contributed by atoms with E-state index in [0.29, 0.717) is 13.1 Å². The average molecular weight is 425 g/mol. The van der Waals surface area contributed by atoms with Gasteiger partial charge in [-0.3, -0.25) is 20.1 Å². The van der Waals surface area contributed by atoms with Gasteiger partial charge in [0.25, 0.3) is 5.69 Å². The molecule has 1 heterocycles. The van der Waals surface area contributed by atoms with E-state index in [1.54, 1.807) is 12.3 Å². The van der Waals surface area contributed by atoms with Crippen LogP contribution in [0.1, 0.15) is 33.4 Å². The third-order valence-electron chi connectivity index (χ3n) is 4.49. The van der Waals surface area contributed by atoms with Gasteiger partial charge in [0, 0.05) is 37.4 Å². The summed E-state index contributed by atoms with van der Waals surface area (Å²) in [5, 5.41) is 20.9. The van der Waals surface area contributed by atoms with E-state index in [2.05, 4.69) is 25.1 Å². The van der Waals surface area contributed by atoms with Crippen LogP contribution in [0.3, 0.4) is 0 Å². The van der Waals surface area contributed by atoms with E-state index in [4.69, 9.17) is 0 Å². The van der Waals surface area contributed by atoms with Crippen molar-refractivity contribution in [2.45, 2.75) is 51.2 Å². The minimum Gasteiger partial charge on any atom is -0.374 e. The Bertz CT molecular complexity index is 904. The van der Waals surface area contributed by atoms with Gasteiger partial charge in [0.2, 0.25) is 10.0 Å². The lowest BCUT2D eigenvalue weighted by atomic mass is 10.2. The maximum atomic E-state index is 12.6. The molecule has 0 saturated carbocycles. The van der Waals surface area contributed by atoms with Crippen LogP contribution in [0.15, 0.2) is 35.4 Å². The highest BCUT2D eigenvalue weighted by Crippen LogP contribution is 2.28. The lowest BCUT2D eigenvalue weighted by Crippen LogP contribution is -2.42. The van der Waals surface area contributed by atoms with Crippen LogP contribution in [0, 0.1) is 10.1 Å². The summed E-state index contributed by atoms with van der Waals surface area (Å²) in [6, 6.07) is 6.12. The van der Waals surface area contributed by atoms with Gasteiger partial charge in [0.05, 0.1) is 22.1 Å². The number of sulfonamides is 1. The second-order valence-corrected chi connectivity index (χ2v) is 8.96. The highest BCUT2D eigenvalue weighted by Gasteiger charge is 2.22. The molecule has 0 atom stereocenters. The molecular formula is C18H28N6O4S. The second-order valence-electron chi connectivity index (χ2n) is 7.19. The summed E-state index contributed by atoms with van der Waals surface area (Å²) < 4.78 is 27.7. The molecule has 0 unspecified atom stereocenters. The van der Waals surface area contributed by atoms with Crippen molar-refractivity contribution in [3.63, 3.8) is 0 Å². The van der Waals surface area contributed by atoms with E-state index < -0.39 is 14.9 Å². The Labute approximate surface area is 170 Å². The first kappa shape index (κ1) is 22.8. The summed E-state index contributed by atoms with van der Waals surface area (Å²) >= 11 is 0. The first-order valence-electron chi connectivity index (χ1n) is 9.37. The maximum absolute atomic E-state index is 12.6. The van der Waals surface area contributed by atoms with Crippen molar-refractivity contribution in [3.05, 3.63) is 46.3 Å². The Kier molecular flexibility index (Phi) is 7.71. The molecule has 10 nitrogen and oxygen atoms in total. The van der Waals surface area contributed by atoms with Crippen LogP contribution in [0.4, 0.5) is 11.4 Å². The van der Waals surface area contributed by atoms with Gasteiger partial charge in [-0.1, -0.05) is 0 Å². The molecule has 11 heteroatoms. The zero-order valence-electron chi connectivity index (χ0n) is 17.0. The molecule has 0 radical (unpaired) electrons. The minimum atomic E-state index is -3.86. The fraction of sp³-hybridized carbons (Fsp3) is 0.500. The van der Waals surface area contributed by atoms with Crippen LogP contribution >= 0.6 is 0 Å². The van der Waals surface area contributed by atoms with Gasteiger partial charge in [-0.2, -0.15) is 5.10 Å². The normalized spacial score (nSPS) is 12.1. The number of nitro groups is 1.